The molecule has 1 unspecified atom stereocenters. The Hall–Kier alpha value is -1.27. The molecule has 150 valence electrons. The summed E-state index contributed by atoms with van der Waals surface area (Å²) in [5, 5.41) is 13.4. The van der Waals surface area contributed by atoms with Gasteiger partial charge in [0.2, 0.25) is 0 Å². The number of aromatic hydroxyl groups is 1. The quantitative estimate of drug-likeness (QED) is 0.714. The Bertz CT molecular complexity index is 903. The van der Waals surface area contributed by atoms with Gasteiger partial charge in [-0.2, -0.15) is 0 Å². The fourth-order valence-corrected chi connectivity index (χ4v) is 4.36. The lowest BCUT2D eigenvalue weighted by atomic mass is 9.74. The molecular weight excluding hydrogens is 375 g/mol. The summed E-state index contributed by atoms with van der Waals surface area (Å²) in [5.74, 6) is 0.212. The molecule has 2 fully saturated rings. The molecule has 0 bridgehead atoms. The number of aryl methyl sites for hydroxylation is 1. The standard InChI is InChI=1S/C22H28BClO4/c1-13-9-10-14-18(20(13)24)15(23-27-21(2,3)22(4,5)28-23)12-16(25)19(14)17-8-6-7-11-26-17/h9-10,12,17,25H,6-8,11H2,1-5H3. The molecule has 4 rings (SSSR count). The van der Waals surface area contributed by atoms with Crippen LogP contribution in [-0.4, -0.2) is 30.0 Å². The van der Waals surface area contributed by atoms with Crippen molar-refractivity contribution in [1.29, 1.82) is 0 Å². The molecule has 0 spiro atoms. The lowest BCUT2D eigenvalue weighted by molar-refractivity contribution is 0.00578. The van der Waals surface area contributed by atoms with Crippen molar-refractivity contribution in [2.45, 2.75) is 71.2 Å². The number of ether oxygens (including phenoxy) is 1. The first-order valence-corrected chi connectivity index (χ1v) is 10.4. The van der Waals surface area contributed by atoms with Gasteiger partial charge in [0.15, 0.2) is 0 Å². The number of phenols is 1. The molecular formula is C22H28BClO4. The first-order chi connectivity index (χ1) is 13.1. The monoisotopic (exact) mass is 402 g/mol. The predicted octanol–water partition coefficient (Wildman–Crippen LogP) is 5.05. The minimum atomic E-state index is -0.598. The average Bonchev–Trinajstić information content (AvgIpc) is 2.85. The van der Waals surface area contributed by atoms with E-state index >= 15 is 0 Å². The summed E-state index contributed by atoms with van der Waals surface area (Å²) in [6, 6.07) is 5.77. The van der Waals surface area contributed by atoms with Gasteiger partial charge >= 0.3 is 7.12 Å². The van der Waals surface area contributed by atoms with Crippen LogP contribution in [0.5, 0.6) is 5.75 Å². The van der Waals surface area contributed by atoms with Gasteiger partial charge in [-0.1, -0.05) is 23.7 Å². The van der Waals surface area contributed by atoms with Gasteiger partial charge < -0.3 is 19.2 Å². The molecule has 0 saturated carbocycles. The van der Waals surface area contributed by atoms with E-state index in [-0.39, 0.29) is 11.9 Å². The molecule has 0 aliphatic carbocycles. The maximum atomic E-state index is 11.0. The van der Waals surface area contributed by atoms with Gasteiger partial charge in [0.05, 0.1) is 22.3 Å². The highest BCUT2D eigenvalue weighted by molar-refractivity contribution is 6.66. The third-order valence-corrected chi connectivity index (χ3v) is 6.98. The second kappa shape index (κ2) is 6.91. The van der Waals surface area contributed by atoms with Crippen LogP contribution in [0.3, 0.4) is 0 Å². The Morgan fingerprint density at radius 1 is 1.11 bits per heavy atom. The third-order valence-electron chi connectivity index (χ3n) is 6.49. The van der Waals surface area contributed by atoms with E-state index in [1.165, 1.54) is 0 Å². The number of benzene rings is 2. The van der Waals surface area contributed by atoms with E-state index in [0.29, 0.717) is 11.6 Å². The average molecular weight is 403 g/mol. The van der Waals surface area contributed by atoms with Crippen molar-refractivity contribution >= 4 is 35.0 Å². The van der Waals surface area contributed by atoms with Gasteiger partial charge in [-0.05, 0) is 76.4 Å². The highest BCUT2D eigenvalue weighted by Gasteiger charge is 2.52. The molecule has 2 aromatic rings. The smallest absolute Gasteiger partial charge is 0.495 e. The maximum absolute atomic E-state index is 11.0. The molecule has 1 atom stereocenters. The van der Waals surface area contributed by atoms with Crippen molar-refractivity contribution in [3.8, 4) is 5.75 Å². The number of halogens is 1. The van der Waals surface area contributed by atoms with Crippen LogP contribution >= 0.6 is 11.6 Å². The maximum Gasteiger partial charge on any atom is 0.495 e. The molecule has 2 aliphatic rings. The van der Waals surface area contributed by atoms with Gasteiger partial charge in [-0.25, -0.2) is 0 Å². The summed E-state index contributed by atoms with van der Waals surface area (Å²) in [5.41, 5.74) is 1.62. The van der Waals surface area contributed by atoms with E-state index in [4.69, 9.17) is 25.6 Å². The molecule has 1 N–H and O–H groups in total. The zero-order valence-corrected chi connectivity index (χ0v) is 18.0. The van der Waals surface area contributed by atoms with Crippen molar-refractivity contribution < 1.29 is 19.2 Å². The SMILES string of the molecule is Cc1ccc2c(C3CCCCO3)c(O)cc(B3OC(C)(C)C(C)(C)O3)c2c1Cl. The summed E-state index contributed by atoms with van der Waals surface area (Å²) >= 11 is 6.78. The Morgan fingerprint density at radius 2 is 1.79 bits per heavy atom. The van der Waals surface area contributed by atoms with Crippen molar-refractivity contribution in [3.63, 3.8) is 0 Å². The predicted molar refractivity (Wildman–Crippen MR) is 114 cm³/mol. The number of phenolic OH excluding ortho intramolecular Hbond substituents is 1. The summed E-state index contributed by atoms with van der Waals surface area (Å²) in [4.78, 5) is 0. The fourth-order valence-electron chi connectivity index (χ4n) is 4.08. The normalized spacial score (nSPS) is 24.1. The van der Waals surface area contributed by atoms with E-state index < -0.39 is 18.3 Å². The second-order valence-corrected chi connectivity index (χ2v) is 9.34. The Kier molecular flexibility index (Phi) is 4.94. The molecule has 4 nitrogen and oxygen atoms in total. The van der Waals surface area contributed by atoms with Crippen LogP contribution < -0.4 is 5.46 Å². The molecule has 6 heteroatoms. The largest absolute Gasteiger partial charge is 0.508 e. The van der Waals surface area contributed by atoms with Crippen LogP contribution in [0, 0.1) is 6.92 Å². The highest BCUT2D eigenvalue weighted by Crippen LogP contribution is 2.42. The van der Waals surface area contributed by atoms with E-state index in [1.807, 2.05) is 46.8 Å². The molecule has 2 aromatic carbocycles. The van der Waals surface area contributed by atoms with E-state index in [9.17, 15) is 5.11 Å². The summed E-state index contributed by atoms with van der Waals surface area (Å²) in [7, 11) is -0.598. The molecule has 2 aliphatic heterocycles. The molecule has 28 heavy (non-hydrogen) atoms. The fraction of sp³-hybridized carbons (Fsp3) is 0.545. The Morgan fingerprint density at radius 3 is 2.39 bits per heavy atom. The first kappa shape index (κ1) is 20.0. The molecule has 2 heterocycles. The van der Waals surface area contributed by atoms with Gasteiger partial charge in [-0.15, -0.1) is 0 Å². The number of hydrogen-bond acceptors (Lipinski definition) is 4. The highest BCUT2D eigenvalue weighted by atomic mass is 35.5. The Balaban J connectivity index is 1.92. The van der Waals surface area contributed by atoms with Crippen LogP contribution in [0.25, 0.3) is 10.8 Å². The molecule has 0 amide bonds. The van der Waals surface area contributed by atoms with Crippen LogP contribution in [0.1, 0.15) is 64.2 Å². The zero-order chi connectivity index (χ0) is 20.3. The summed E-state index contributed by atoms with van der Waals surface area (Å²) in [6.45, 7) is 10.8. The van der Waals surface area contributed by atoms with Gasteiger partial charge in [0.1, 0.15) is 5.75 Å². The Labute approximate surface area is 172 Å². The second-order valence-electron chi connectivity index (χ2n) is 8.96. The number of fused-ring (bicyclic) bond motifs is 1. The minimum absolute atomic E-state index is 0.123. The van der Waals surface area contributed by atoms with Crippen molar-refractivity contribution in [1.82, 2.24) is 0 Å². The lowest BCUT2D eigenvalue weighted by Gasteiger charge is -2.32. The summed E-state index contributed by atoms with van der Waals surface area (Å²) < 4.78 is 18.5. The van der Waals surface area contributed by atoms with E-state index in [2.05, 4.69) is 0 Å². The summed E-state index contributed by atoms with van der Waals surface area (Å²) in [6.07, 6.45) is 2.91. The van der Waals surface area contributed by atoms with E-state index in [1.54, 1.807) is 6.07 Å². The van der Waals surface area contributed by atoms with Crippen molar-refractivity contribution in [3.05, 3.63) is 34.3 Å². The number of rotatable bonds is 2. The lowest BCUT2D eigenvalue weighted by Crippen LogP contribution is -2.41. The van der Waals surface area contributed by atoms with E-state index in [0.717, 1.165) is 46.6 Å². The minimum Gasteiger partial charge on any atom is -0.508 e. The van der Waals surface area contributed by atoms with Crippen LogP contribution in [-0.2, 0) is 14.0 Å². The first-order valence-electron chi connectivity index (χ1n) is 10.0. The number of hydrogen-bond donors (Lipinski definition) is 1. The molecule has 0 aromatic heterocycles. The molecule has 0 radical (unpaired) electrons. The third kappa shape index (κ3) is 3.13. The van der Waals surface area contributed by atoms with Crippen molar-refractivity contribution in [2.24, 2.45) is 0 Å². The van der Waals surface area contributed by atoms with Crippen LogP contribution in [0.4, 0.5) is 0 Å². The van der Waals surface area contributed by atoms with Crippen LogP contribution in [0.2, 0.25) is 5.02 Å². The topological polar surface area (TPSA) is 47.9 Å². The van der Waals surface area contributed by atoms with Crippen molar-refractivity contribution in [2.75, 3.05) is 6.61 Å². The van der Waals surface area contributed by atoms with Gasteiger partial charge in [-0.3, -0.25) is 0 Å². The molecule has 2 saturated heterocycles. The zero-order valence-electron chi connectivity index (χ0n) is 17.3. The van der Waals surface area contributed by atoms with Crippen LogP contribution in [0.15, 0.2) is 18.2 Å². The van der Waals surface area contributed by atoms with Gasteiger partial charge in [0, 0.05) is 17.6 Å². The van der Waals surface area contributed by atoms with Gasteiger partial charge in [0.25, 0.3) is 0 Å².